The minimum Gasteiger partial charge on any atom is -0.398 e. The summed E-state index contributed by atoms with van der Waals surface area (Å²) in [7, 11) is 0. The van der Waals surface area contributed by atoms with E-state index in [0.717, 1.165) is 5.56 Å². The summed E-state index contributed by atoms with van der Waals surface area (Å²) in [5.41, 5.74) is 5.80. The fourth-order valence-corrected chi connectivity index (χ4v) is 2.10. The van der Waals surface area contributed by atoms with Crippen LogP contribution in [0.2, 0.25) is 0 Å². The zero-order valence-electron chi connectivity index (χ0n) is 10.2. The Morgan fingerprint density at radius 2 is 1.53 bits per heavy atom. The van der Waals surface area contributed by atoms with E-state index in [1.165, 1.54) is 12.1 Å². The summed E-state index contributed by atoms with van der Waals surface area (Å²) in [5.74, 6) is 0. The van der Waals surface area contributed by atoms with Gasteiger partial charge in [-0.2, -0.15) is 13.2 Å². The second-order valence-corrected chi connectivity index (χ2v) is 4.36. The first-order chi connectivity index (χ1) is 8.98. The molecule has 19 heavy (non-hydrogen) atoms. The van der Waals surface area contributed by atoms with Crippen molar-refractivity contribution in [2.45, 2.75) is 19.0 Å². The predicted octanol–water partition coefficient (Wildman–Crippen LogP) is 4.07. The molecule has 0 saturated heterocycles. The molecule has 0 radical (unpaired) electrons. The van der Waals surface area contributed by atoms with Crippen molar-refractivity contribution < 1.29 is 13.2 Å². The fourth-order valence-electron chi connectivity index (χ4n) is 2.10. The maximum absolute atomic E-state index is 13.0. The lowest BCUT2D eigenvalue weighted by Crippen LogP contribution is -2.13. The van der Waals surface area contributed by atoms with Crippen LogP contribution < -0.4 is 5.73 Å². The van der Waals surface area contributed by atoms with Gasteiger partial charge in [0.15, 0.2) is 0 Å². The van der Waals surface area contributed by atoms with Crippen molar-refractivity contribution >= 4 is 5.69 Å². The zero-order valence-corrected chi connectivity index (χ0v) is 10.2. The monoisotopic (exact) mass is 265 g/mol. The van der Waals surface area contributed by atoms with E-state index in [9.17, 15) is 13.2 Å². The number of alkyl halides is 3. The van der Waals surface area contributed by atoms with Gasteiger partial charge in [-0.15, -0.1) is 0 Å². The standard InChI is InChI=1S/C15H14F3N/c16-15(17,18)14-12(7-4-8-13(14)19)10-9-11-5-2-1-3-6-11/h1-8H,9-10,19H2. The molecule has 0 bridgehead atoms. The van der Waals surface area contributed by atoms with Gasteiger partial charge in [-0.05, 0) is 30.0 Å². The third-order valence-electron chi connectivity index (χ3n) is 2.99. The van der Waals surface area contributed by atoms with Crippen molar-refractivity contribution in [3.63, 3.8) is 0 Å². The number of nitrogens with two attached hydrogens (primary N) is 1. The van der Waals surface area contributed by atoms with Crippen LogP contribution in [0.4, 0.5) is 18.9 Å². The molecule has 0 aliphatic heterocycles. The number of anilines is 1. The second kappa shape index (κ2) is 5.34. The molecule has 0 fully saturated rings. The average Bonchev–Trinajstić information content (AvgIpc) is 2.36. The Balaban J connectivity index is 2.24. The highest BCUT2D eigenvalue weighted by molar-refractivity contribution is 5.52. The number of aryl methyl sites for hydroxylation is 2. The second-order valence-electron chi connectivity index (χ2n) is 4.36. The van der Waals surface area contributed by atoms with Gasteiger partial charge >= 0.3 is 6.18 Å². The Labute approximate surface area is 109 Å². The maximum Gasteiger partial charge on any atom is 0.418 e. The summed E-state index contributed by atoms with van der Waals surface area (Å²) in [4.78, 5) is 0. The van der Waals surface area contributed by atoms with Crippen LogP contribution in [-0.2, 0) is 19.0 Å². The van der Waals surface area contributed by atoms with Gasteiger partial charge in [-0.3, -0.25) is 0 Å². The highest BCUT2D eigenvalue weighted by Gasteiger charge is 2.35. The molecule has 0 unspecified atom stereocenters. The summed E-state index contributed by atoms with van der Waals surface area (Å²) in [6, 6.07) is 13.8. The lowest BCUT2D eigenvalue weighted by molar-refractivity contribution is -0.137. The van der Waals surface area contributed by atoms with Crippen molar-refractivity contribution in [3.05, 3.63) is 65.2 Å². The molecule has 2 aromatic rings. The van der Waals surface area contributed by atoms with Crippen molar-refractivity contribution in [2.75, 3.05) is 5.73 Å². The molecule has 0 aromatic heterocycles. The molecule has 0 aliphatic carbocycles. The largest absolute Gasteiger partial charge is 0.418 e. The Kier molecular flexibility index (Phi) is 3.79. The summed E-state index contributed by atoms with van der Waals surface area (Å²) in [5, 5.41) is 0. The first kappa shape index (κ1) is 13.5. The lowest BCUT2D eigenvalue weighted by Gasteiger charge is -2.15. The van der Waals surface area contributed by atoms with Gasteiger partial charge < -0.3 is 5.73 Å². The van der Waals surface area contributed by atoms with Crippen LogP contribution in [-0.4, -0.2) is 0 Å². The number of hydrogen-bond donors (Lipinski definition) is 1. The van der Waals surface area contributed by atoms with E-state index in [-0.39, 0.29) is 11.3 Å². The zero-order chi connectivity index (χ0) is 13.9. The fraction of sp³-hybridized carbons (Fsp3) is 0.200. The van der Waals surface area contributed by atoms with Gasteiger partial charge in [-0.25, -0.2) is 0 Å². The Bertz CT molecular complexity index is 547. The minimum atomic E-state index is -4.41. The highest BCUT2D eigenvalue weighted by Crippen LogP contribution is 2.36. The maximum atomic E-state index is 13.0. The van der Waals surface area contributed by atoms with Crippen molar-refractivity contribution in [1.29, 1.82) is 0 Å². The molecule has 0 atom stereocenters. The topological polar surface area (TPSA) is 26.0 Å². The van der Waals surface area contributed by atoms with Crippen LogP contribution in [0.5, 0.6) is 0 Å². The normalized spacial score (nSPS) is 11.5. The molecule has 0 spiro atoms. The Morgan fingerprint density at radius 1 is 0.842 bits per heavy atom. The molecule has 2 aromatic carbocycles. The van der Waals surface area contributed by atoms with Gasteiger partial charge in [0.25, 0.3) is 0 Å². The van der Waals surface area contributed by atoms with E-state index in [4.69, 9.17) is 5.73 Å². The van der Waals surface area contributed by atoms with Crippen LogP contribution in [0.1, 0.15) is 16.7 Å². The number of nitrogen functional groups attached to an aromatic ring is 1. The molecule has 0 amide bonds. The number of benzene rings is 2. The molecule has 100 valence electrons. The first-order valence-electron chi connectivity index (χ1n) is 5.97. The van der Waals surface area contributed by atoms with Crippen LogP contribution in [0.25, 0.3) is 0 Å². The smallest absolute Gasteiger partial charge is 0.398 e. The quantitative estimate of drug-likeness (QED) is 0.832. The van der Waals surface area contributed by atoms with Crippen molar-refractivity contribution in [3.8, 4) is 0 Å². The molecule has 1 nitrogen and oxygen atoms in total. The molecule has 0 heterocycles. The molecule has 4 heteroatoms. The third-order valence-corrected chi connectivity index (χ3v) is 2.99. The SMILES string of the molecule is Nc1cccc(CCc2ccccc2)c1C(F)(F)F. The number of rotatable bonds is 3. The summed E-state index contributed by atoms with van der Waals surface area (Å²) in [6.45, 7) is 0. The minimum absolute atomic E-state index is 0.210. The summed E-state index contributed by atoms with van der Waals surface area (Å²) >= 11 is 0. The molecular weight excluding hydrogens is 251 g/mol. The number of halogens is 3. The number of hydrogen-bond acceptors (Lipinski definition) is 1. The molecule has 2 rings (SSSR count). The Morgan fingerprint density at radius 3 is 2.16 bits per heavy atom. The summed E-state index contributed by atoms with van der Waals surface area (Å²) in [6.07, 6.45) is -3.52. The van der Waals surface area contributed by atoms with E-state index < -0.39 is 11.7 Å². The van der Waals surface area contributed by atoms with E-state index in [0.29, 0.717) is 12.8 Å². The van der Waals surface area contributed by atoms with Crippen LogP contribution in [0, 0.1) is 0 Å². The van der Waals surface area contributed by atoms with Gasteiger partial charge in [0.1, 0.15) is 0 Å². The molecule has 0 aliphatic rings. The van der Waals surface area contributed by atoms with E-state index in [1.54, 1.807) is 6.07 Å². The van der Waals surface area contributed by atoms with E-state index in [1.807, 2.05) is 30.3 Å². The predicted molar refractivity (Wildman–Crippen MR) is 69.7 cm³/mol. The summed E-state index contributed by atoms with van der Waals surface area (Å²) < 4.78 is 38.9. The highest BCUT2D eigenvalue weighted by atomic mass is 19.4. The lowest BCUT2D eigenvalue weighted by atomic mass is 9.98. The van der Waals surface area contributed by atoms with Gasteiger partial charge in [0.2, 0.25) is 0 Å². The average molecular weight is 265 g/mol. The molecular formula is C15H14F3N. The van der Waals surface area contributed by atoms with Crippen LogP contribution in [0.3, 0.4) is 0 Å². The van der Waals surface area contributed by atoms with Crippen LogP contribution >= 0.6 is 0 Å². The first-order valence-corrected chi connectivity index (χ1v) is 5.97. The van der Waals surface area contributed by atoms with E-state index in [2.05, 4.69) is 0 Å². The molecule has 2 N–H and O–H groups in total. The van der Waals surface area contributed by atoms with Gasteiger partial charge in [0, 0.05) is 5.69 Å². The van der Waals surface area contributed by atoms with Gasteiger partial charge in [-0.1, -0.05) is 42.5 Å². The van der Waals surface area contributed by atoms with Crippen molar-refractivity contribution in [2.24, 2.45) is 0 Å². The van der Waals surface area contributed by atoms with E-state index >= 15 is 0 Å². The van der Waals surface area contributed by atoms with Crippen molar-refractivity contribution in [1.82, 2.24) is 0 Å². The van der Waals surface area contributed by atoms with Gasteiger partial charge in [0.05, 0.1) is 5.56 Å². The van der Waals surface area contributed by atoms with Crippen LogP contribution in [0.15, 0.2) is 48.5 Å². The third kappa shape index (κ3) is 3.28. The molecule has 0 saturated carbocycles. The Hall–Kier alpha value is -1.97.